The van der Waals surface area contributed by atoms with Gasteiger partial charge in [0.05, 0.1) is 26.3 Å². The molecule has 0 saturated heterocycles. The summed E-state index contributed by atoms with van der Waals surface area (Å²) in [6.45, 7) is 0. The Balaban J connectivity index is 1.87. The molecule has 9 heteroatoms. The van der Waals surface area contributed by atoms with Gasteiger partial charge in [0, 0.05) is 6.07 Å². The number of fused-ring (bicyclic) bond motifs is 1. The van der Waals surface area contributed by atoms with Crippen molar-refractivity contribution in [1.82, 2.24) is 14.8 Å². The Kier molecular flexibility index (Phi) is 3.83. The normalized spacial score (nSPS) is 16.3. The van der Waals surface area contributed by atoms with E-state index in [1.807, 2.05) is 0 Å². The maximum absolute atomic E-state index is 12.6. The van der Waals surface area contributed by atoms with Crippen LogP contribution in [0.4, 0.5) is 11.6 Å². The molecule has 1 aliphatic rings. The van der Waals surface area contributed by atoms with E-state index in [-0.39, 0.29) is 24.2 Å². The summed E-state index contributed by atoms with van der Waals surface area (Å²) in [5.41, 5.74) is 0.456. The first kappa shape index (κ1) is 14.8. The van der Waals surface area contributed by atoms with Crippen molar-refractivity contribution in [1.29, 1.82) is 0 Å². The number of benzene rings is 1. The van der Waals surface area contributed by atoms with E-state index in [1.54, 1.807) is 18.2 Å². The summed E-state index contributed by atoms with van der Waals surface area (Å²) in [5, 5.41) is 12.8. The maximum atomic E-state index is 12.6. The van der Waals surface area contributed by atoms with Crippen LogP contribution in [0.15, 0.2) is 24.5 Å². The zero-order chi connectivity index (χ0) is 16.4. The molecule has 1 atom stereocenters. The van der Waals surface area contributed by atoms with E-state index >= 15 is 0 Å². The summed E-state index contributed by atoms with van der Waals surface area (Å²) in [4.78, 5) is 24.3. The van der Waals surface area contributed by atoms with Gasteiger partial charge in [-0.05, 0) is 12.1 Å². The highest BCUT2D eigenvalue weighted by Gasteiger charge is 2.31. The highest BCUT2D eigenvalue weighted by atomic mass is 16.5. The fourth-order valence-electron chi connectivity index (χ4n) is 2.36. The number of carbonyl (C=O) groups is 2. The molecule has 1 aromatic carbocycles. The van der Waals surface area contributed by atoms with Gasteiger partial charge >= 0.3 is 0 Å². The topological polar surface area (TPSA) is 107 Å². The molecule has 0 fully saturated rings. The van der Waals surface area contributed by atoms with E-state index in [9.17, 15) is 9.59 Å². The quantitative estimate of drug-likeness (QED) is 0.864. The summed E-state index contributed by atoms with van der Waals surface area (Å²) in [6, 6.07) is 4.32. The molecule has 0 bridgehead atoms. The number of nitrogens with zero attached hydrogens (tertiary/aromatic N) is 3. The summed E-state index contributed by atoms with van der Waals surface area (Å²) in [7, 11) is 3.03. The van der Waals surface area contributed by atoms with Gasteiger partial charge in [0.25, 0.3) is 0 Å². The van der Waals surface area contributed by atoms with E-state index in [1.165, 1.54) is 25.1 Å². The Labute approximate surface area is 131 Å². The molecule has 2 amide bonds. The minimum absolute atomic E-state index is 0.00313. The van der Waals surface area contributed by atoms with E-state index in [4.69, 9.17) is 9.47 Å². The summed E-state index contributed by atoms with van der Waals surface area (Å²) >= 11 is 0. The Morgan fingerprint density at radius 2 is 2.22 bits per heavy atom. The van der Waals surface area contributed by atoms with Gasteiger partial charge in [-0.15, -0.1) is 10.2 Å². The first-order valence-corrected chi connectivity index (χ1v) is 6.84. The van der Waals surface area contributed by atoms with Crippen molar-refractivity contribution in [2.75, 3.05) is 24.9 Å². The third kappa shape index (κ3) is 2.80. The number of aromatic nitrogens is 3. The largest absolute Gasteiger partial charge is 0.497 e. The highest BCUT2D eigenvalue weighted by Crippen LogP contribution is 2.31. The van der Waals surface area contributed by atoms with Crippen molar-refractivity contribution in [3.63, 3.8) is 0 Å². The van der Waals surface area contributed by atoms with Crippen LogP contribution in [0.5, 0.6) is 11.5 Å². The van der Waals surface area contributed by atoms with Gasteiger partial charge < -0.3 is 14.8 Å². The summed E-state index contributed by atoms with van der Waals surface area (Å²) in [6.07, 6.45) is 1.41. The minimum Gasteiger partial charge on any atom is -0.497 e. The highest BCUT2D eigenvalue weighted by molar-refractivity contribution is 6.01. The number of amides is 2. The fraction of sp³-hybridized carbons (Fsp3) is 0.286. The second kappa shape index (κ2) is 5.95. The summed E-state index contributed by atoms with van der Waals surface area (Å²) < 4.78 is 11.9. The lowest BCUT2D eigenvalue weighted by atomic mass is 10.1. The molecule has 3 rings (SSSR count). The molecule has 1 aliphatic heterocycles. The standard InChI is InChI=1S/C14H15N5O4/c1-22-8-3-4-11(23-2)9(5-8)16-13(21)10-6-12(20)17-14-18-15-7-19(10)14/h3-5,7,10H,6H2,1-2H3,(H,16,21)(H,17,18,20)/t10-/m0/s1. The molecule has 9 nitrogen and oxygen atoms in total. The van der Waals surface area contributed by atoms with Crippen LogP contribution in [0.25, 0.3) is 0 Å². The molecule has 2 aromatic rings. The average molecular weight is 317 g/mol. The zero-order valence-corrected chi connectivity index (χ0v) is 12.6. The van der Waals surface area contributed by atoms with Crippen molar-refractivity contribution >= 4 is 23.5 Å². The average Bonchev–Trinajstić information content (AvgIpc) is 3.01. The molecule has 0 radical (unpaired) electrons. The van der Waals surface area contributed by atoms with Crippen LogP contribution >= 0.6 is 0 Å². The predicted octanol–water partition coefficient (Wildman–Crippen LogP) is 0.817. The van der Waals surface area contributed by atoms with E-state index in [0.717, 1.165) is 0 Å². The van der Waals surface area contributed by atoms with E-state index in [2.05, 4.69) is 20.8 Å². The monoisotopic (exact) mass is 317 g/mol. The number of carbonyl (C=O) groups excluding carboxylic acids is 2. The number of nitrogens with one attached hydrogen (secondary N) is 2. The maximum Gasteiger partial charge on any atom is 0.248 e. The van der Waals surface area contributed by atoms with Crippen LogP contribution in [-0.2, 0) is 9.59 Å². The lowest BCUT2D eigenvalue weighted by Gasteiger charge is -2.23. The molecular formula is C14H15N5O4. The Bertz CT molecular complexity index is 757. The predicted molar refractivity (Wildman–Crippen MR) is 80.5 cm³/mol. The first-order valence-electron chi connectivity index (χ1n) is 6.84. The van der Waals surface area contributed by atoms with E-state index < -0.39 is 6.04 Å². The molecule has 2 N–H and O–H groups in total. The Morgan fingerprint density at radius 3 is 2.96 bits per heavy atom. The van der Waals surface area contributed by atoms with Gasteiger partial charge in [-0.1, -0.05) is 0 Å². The molecule has 0 saturated carbocycles. The Hall–Kier alpha value is -3.10. The van der Waals surface area contributed by atoms with Crippen molar-refractivity contribution < 1.29 is 19.1 Å². The molecule has 23 heavy (non-hydrogen) atoms. The zero-order valence-electron chi connectivity index (χ0n) is 12.6. The molecule has 120 valence electrons. The van der Waals surface area contributed by atoms with Crippen LogP contribution in [0, 0.1) is 0 Å². The van der Waals surface area contributed by atoms with Gasteiger partial charge in [0.2, 0.25) is 17.8 Å². The fourth-order valence-corrected chi connectivity index (χ4v) is 2.36. The molecule has 0 spiro atoms. The van der Waals surface area contributed by atoms with Gasteiger partial charge in [-0.2, -0.15) is 0 Å². The van der Waals surface area contributed by atoms with Gasteiger partial charge in [0.1, 0.15) is 23.9 Å². The molecular weight excluding hydrogens is 302 g/mol. The number of rotatable bonds is 4. The minimum atomic E-state index is -0.732. The third-order valence-corrected chi connectivity index (χ3v) is 3.51. The smallest absolute Gasteiger partial charge is 0.248 e. The lowest BCUT2D eigenvalue weighted by Crippen LogP contribution is -2.35. The second-order valence-corrected chi connectivity index (χ2v) is 4.89. The lowest BCUT2D eigenvalue weighted by molar-refractivity contribution is -0.125. The number of ether oxygens (including phenoxy) is 2. The van der Waals surface area contributed by atoms with Crippen molar-refractivity contribution in [2.45, 2.75) is 12.5 Å². The first-order chi connectivity index (χ1) is 11.1. The van der Waals surface area contributed by atoms with Crippen LogP contribution in [-0.4, -0.2) is 40.8 Å². The molecule has 1 aromatic heterocycles. The van der Waals surface area contributed by atoms with Gasteiger partial charge in [-0.25, -0.2) is 0 Å². The Morgan fingerprint density at radius 1 is 1.39 bits per heavy atom. The SMILES string of the molecule is COc1ccc(OC)c(NC(=O)[C@@H]2CC(=O)Nc3nncn32)c1. The van der Waals surface area contributed by atoms with Crippen molar-refractivity contribution in [3.05, 3.63) is 24.5 Å². The van der Waals surface area contributed by atoms with Crippen molar-refractivity contribution in [3.8, 4) is 11.5 Å². The summed E-state index contributed by atoms with van der Waals surface area (Å²) in [5.74, 6) is 0.658. The second-order valence-electron chi connectivity index (χ2n) is 4.89. The molecule has 0 aliphatic carbocycles. The van der Waals surface area contributed by atoms with Gasteiger partial charge in [-0.3, -0.25) is 19.5 Å². The van der Waals surface area contributed by atoms with Gasteiger partial charge in [0.15, 0.2) is 0 Å². The van der Waals surface area contributed by atoms with Crippen molar-refractivity contribution in [2.24, 2.45) is 0 Å². The van der Waals surface area contributed by atoms with E-state index in [0.29, 0.717) is 17.2 Å². The van der Waals surface area contributed by atoms with Crippen LogP contribution in [0.1, 0.15) is 12.5 Å². The number of hydrogen-bond acceptors (Lipinski definition) is 6. The number of hydrogen-bond donors (Lipinski definition) is 2. The molecule has 0 unspecified atom stereocenters. The third-order valence-electron chi connectivity index (χ3n) is 3.51. The number of methoxy groups -OCH3 is 2. The number of anilines is 2. The van der Waals surface area contributed by atoms with Crippen LogP contribution < -0.4 is 20.1 Å². The van der Waals surface area contributed by atoms with Crippen LogP contribution in [0.3, 0.4) is 0 Å². The van der Waals surface area contributed by atoms with Crippen LogP contribution in [0.2, 0.25) is 0 Å². The molecule has 2 heterocycles.